The maximum Gasteiger partial charge on any atom is 0.251 e. The lowest BCUT2D eigenvalue weighted by atomic mass is 10.1. The molecule has 5 heteroatoms. The second-order valence-electron chi connectivity index (χ2n) is 7.06. The van der Waals surface area contributed by atoms with E-state index in [1.807, 2.05) is 80.6 Å². The fourth-order valence-electron chi connectivity index (χ4n) is 3.05. The number of carbonyl (C=O) groups excluding carboxylic acids is 2. The SMILES string of the molecule is Cc1cccc(OCCC(=O)NC(C(=O)Nc2ccccc2)c2ccccc2)c1C. The summed E-state index contributed by atoms with van der Waals surface area (Å²) in [6.07, 6.45) is 0.148. The molecule has 0 aliphatic carbocycles. The van der Waals surface area contributed by atoms with Crippen LogP contribution in [0.15, 0.2) is 78.9 Å². The quantitative estimate of drug-likeness (QED) is 0.580. The van der Waals surface area contributed by atoms with Crippen molar-refractivity contribution >= 4 is 17.5 Å². The maximum absolute atomic E-state index is 12.9. The normalized spacial score (nSPS) is 11.4. The van der Waals surface area contributed by atoms with Gasteiger partial charge in [-0.1, -0.05) is 60.7 Å². The minimum absolute atomic E-state index is 0.148. The zero-order valence-electron chi connectivity index (χ0n) is 17.2. The van der Waals surface area contributed by atoms with Crippen LogP contribution in [0.1, 0.15) is 29.2 Å². The molecule has 1 unspecified atom stereocenters. The Morgan fingerprint density at radius 2 is 1.53 bits per heavy atom. The van der Waals surface area contributed by atoms with E-state index in [9.17, 15) is 9.59 Å². The van der Waals surface area contributed by atoms with Gasteiger partial charge in [-0.25, -0.2) is 0 Å². The Bertz CT molecular complexity index is 988. The van der Waals surface area contributed by atoms with Crippen LogP contribution in [0, 0.1) is 13.8 Å². The molecule has 0 radical (unpaired) electrons. The highest BCUT2D eigenvalue weighted by Crippen LogP contribution is 2.21. The third kappa shape index (κ3) is 5.70. The van der Waals surface area contributed by atoms with Crippen molar-refractivity contribution in [3.63, 3.8) is 0 Å². The van der Waals surface area contributed by atoms with Crippen LogP contribution in [0.4, 0.5) is 5.69 Å². The number of hydrogen-bond donors (Lipinski definition) is 2. The van der Waals surface area contributed by atoms with Crippen molar-refractivity contribution in [1.29, 1.82) is 0 Å². The summed E-state index contributed by atoms with van der Waals surface area (Å²) >= 11 is 0. The van der Waals surface area contributed by atoms with Crippen LogP contribution >= 0.6 is 0 Å². The van der Waals surface area contributed by atoms with Crippen LogP contribution < -0.4 is 15.4 Å². The summed E-state index contributed by atoms with van der Waals surface area (Å²) in [5.41, 5.74) is 3.59. The number of rotatable bonds is 8. The lowest BCUT2D eigenvalue weighted by Gasteiger charge is -2.19. The van der Waals surface area contributed by atoms with E-state index in [2.05, 4.69) is 10.6 Å². The predicted octanol–water partition coefficient (Wildman–Crippen LogP) is 4.57. The Morgan fingerprint density at radius 1 is 0.867 bits per heavy atom. The number of carbonyl (C=O) groups is 2. The first-order valence-electron chi connectivity index (χ1n) is 9.94. The molecule has 0 saturated heterocycles. The first-order chi connectivity index (χ1) is 14.5. The Hall–Kier alpha value is -3.60. The number of benzene rings is 3. The molecule has 3 aromatic rings. The van der Waals surface area contributed by atoms with Gasteiger partial charge in [-0.3, -0.25) is 9.59 Å². The van der Waals surface area contributed by atoms with E-state index in [1.54, 1.807) is 12.1 Å². The third-order valence-corrected chi connectivity index (χ3v) is 4.88. The van der Waals surface area contributed by atoms with Crippen molar-refractivity contribution in [3.05, 3.63) is 95.6 Å². The van der Waals surface area contributed by atoms with Gasteiger partial charge in [0.25, 0.3) is 5.91 Å². The topological polar surface area (TPSA) is 67.4 Å². The third-order valence-electron chi connectivity index (χ3n) is 4.88. The second kappa shape index (κ2) is 10.3. The average Bonchev–Trinajstić information content (AvgIpc) is 2.76. The van der Waals surface area contributed by atoms with E-state index in [0.29, 0.717) is 5.69 Å². The molecule has 0 heterocycles. The van der Waals surface area contributed by atoms with Crippen LogP contribution in [0.5, 0.6) is 5.75 Å². The molecule has 0 bridgehead atoms. The maximum atomic E-state index is 12.9. The summed E-state index contributed by atoms with van der Waals surface area (Å²) in [5, 5.41) is 5.69. The molecule has 2 amide bonds. The van der Waals surface area contributed by atoms with Crippen molar-refractivity contribution in [2.75, 3.05) is 11.9 Å². The van der Waals surface area contributed by atoms with Crippen molar-refractivity contribution in [3.8, 4) is 5.75 Å². The van der Waals surface area contributed by atoms with Crippen molar-refractivity contribution in [2.24, 2.45) is 0 Å². The first kappa shape index (κ1) is 21.1. The Labute approximate surface area is 177 Å². The molecule has 0 spiro atoms. The van der Waals surface area contributed by atoms with Crippen LogP contribution in [0.2, 0.25) is 0 Å². The summed E-state index contributed by atoms with van der Waals surface area (Å²) in [4.78, 5) is 25.4. The molecule has 0 fully saturated rings. The van der Waals surface area contributed by atoms with Crippen LogP contribution in [0.3, 0.4) is 0 Å². The van der Waals surface area contributed by atoms with Gasteiger partial charge in [0.1, 0.15) is 11.8 Å². The Morgan fingerprint density at radius 3 is 2.23 bits per heavy atom. The fraction of sp³-hybridized carbons (Fsp3) is 0.200. The van der Waals surface area contributed by atoms with Crippen LogP contribution in [-0.4, -0.2) is 18.4 Å². The summed E-state index contributed by atoms with van der Waals surface area (Å²) in [7, 11) is 0. The zero-order chi connectivity index (χ0) is 21.3. The van der Waals surface area contributed by atoms with E-state index in [1.165, 1.54) is 0 Å². The highest BCUT2D eigenvalue weighted by molar-refractivity contribution is 5.97. The number of ether oxygens (including phenoxy) is 1. The molecule has 0 saturated carbocycles. The van der Waals surface area contributed by atoms with Gasteiger partial charge in [-0.05, 0) is 48.7 Å². The summed E-state index contributed by atoms with van der Waals surface area (Å²) in [6, 6.07) is 23.4. The van der Waals surface area contributed by atoms with Gasteiger partial charge in [0, 0.05) is 5.69 Å². The van der Waals surface area contributed by atoms with Gasteiger partial charge >= 0.3 is 0 Å². The number of amides is 2. The number of hydrogen-bond acceptors (Lipinski definition) is 3. The summed E-state index contributed by atoms with van der Waals surface area (Å²) < 4.78 is 5.77. The highest BCUT2D eigenvalue weighted by atomic mass is 16.5. The number of nitrogens with one attached hydrogen (secondary N) is 2. The zero-order valence-corrected chi connectivity index (χ0v) is 17.2. The lowest BCUT2D eigenvalue weighted by Crippen LogP contribution is -2.37. The molecule has 2 N–H and O–H groups in total. The van der Waals surface area contributed by atoms with Gasteiger partial charge < -0.3 is 15.4 Å². The molecule has 0 aliphatic heterocycles. The standard InChI is InChI=1S/C25H26N2O3/c1-18-10-9-15-22(19(18)2)30-17-16-23(28)27-24(20-11-5-3-6-12-20)25(29)26-21-13-7-4-8-14-21/h3-15,24H,16-17H2,1-2H3,(H,26,29)(H,27,28). The van der Waals surface area contributed by atoms with Crippen LogP contribution in [0.25, 0.3) is 0 Å². The molecule has 5 nitrogen and oxygen atoms in total. The highest BCUT2D eigenvalue weighted by Gasteiger charge is 2.22. The van der Waals surface area contributed by atoms with Gasteiger partial charge in [0.15, 0.2) is 0 Å². The number of para-hydroxylation sites is 1. The molecule has 0 aliphatic rings. The molecule has 0 aromatic heterocycles. The van der Waals surface area contributed by atoms with Crippen molar-refractivity contribution < 1.29 is 14.3 Å². The predicted molar refractivity (Wildman–Crippen MR) is 118 cm³/mol. The molecular formula is C25H26N2O3. The minimum atomic E-state index is -0.792. The molecule has 30 heavy (non-hydrogen) atoms. The Kier molecular flexibility index (Phi) is 7.22. The van der Waals surface area contributed by atoms with E-state index < -0.39 is 6.04 Å². The molecule has 3 rings (SSSR count). The molecular weight excluding hydrogens is 376 g/mol. The minimum Gasteiger partial charge on any atom is -0.493 e. The fourth-order valence-corrected chi connectivity index (χ4v) is 3.05. The largest absolute Gasteiger partial charge is 0.493 e. The number of anilines is 1. The summed E-state index contributed by atoms with van der Waals surface area (Å²) in [6.45, 7) is 4.24. The first-order valence-corrected chi connectivity index (χ1v) is 9.94. The van der Waals surface area contributed by atoms with Crippen LogP contribution in [-0.2, 0) is 9.59 Å². The molecule has 1 atom stereocenters. The smallest absolute Gasteiger partial charge is 0.251 e. The van der Waals surface area contributed by atoms with E-state index in [4.69, 9.17) is 4.74 Å². The van der Waals surface area contributed by atoms with E-state index in [0.717, 1.165) is 22.4 Å². The lowest BCUT2D eigenvalue weighted by molar-refractivity contribution is -0.127. The van der Waals surface area contributed by atoms with E-state index >= 15 is 0 Å². The molecule has 154 valence electrons. The van der Waals surface area contributed by atoms with Gasteiger partial charge in [0.05, 0.1) is 13.0 Å². The Balaban J connectivity index is 1.63. The average molecular weight is 402 g/mol. The monoisotopic (exact) mass is 402 g/mol. The second-order valence-corrected chi connectivity index (χ2v) is 7.06. The van der Waals surface area contributed by atoms with Gasteiger partial charge in [0.2, 0.25) is 5.91 Å². The van der Waals surface area contributed by atoms with E-state index in [-0.39, 0.29) is 24.8 Å². The van der Waals surface area contributed by atoms with Crippen molar-refractivity contribution in [1.82, 2.24) is 5.32 Å². The van der Waals surface area contributed by atoms with Crippen molar-refractivity contribution in [2.45, 2.75) is 26.3 Å². The number of aryl methyl sites for hydroxylation is 1. The molecule has 3 aromatic carbocycles. The summed E-state index contributed by atoms with van der Waals surface area (Å²) in [5.74, 6) is 0.220. The van der Waals surface area contributed by atoms with Gasteiger partial charge in [-0.15, -0.1) is 0 Å². The van der Waals surface area contributed by atoms with Gasteiger partial charge in [-0.2, -0.15) is 0 Å².